The van der Waals surface area contributed by atoms with Crippen molar-refractivity contribution < 1.29 is 14.3 Å². The van der Waals surface area contributed by atoms with Gasteiger partial charge < -0.3 is 9.47 Å². The predicted octanol–water partition coefficient (Wildman–Crippen LogP) is 2.46. The van der Waals surface area contributed by atoms with Gasteiger partial charge in [0.1, 0.15) is 11.9 Å². The number of ether oxygens (including phenoxy) is 2. The number of hydrogen-bond acceptors (Lipinski definition) is 6. The highest BCUT2D eigenvalue weighted by Gasteiger charge is 2.21. The quantitative estimate of drug-likeness (QED) is 0.576. The lowest BCUT2D eigenvalue weighted by Gasteiger charge is -2.12. The van der Waals surface area contributed by atoms with E-state index in [0.29, 0.717) is 24.2 Å². The van der Waals surface area contributed by atoms with Crippen LogP contribution in [-0.4, -0.2) is 39.7 Å². The summed E-state index contributed by atoms with van der Waals surface area (Å²) in [6.07, 6.45) is 0. The first-order chi connectivity index (χ1) is 10.7. The number of thioether (sulfide) groups is 1. The minimum Gasteiger partial charge on any atom is -0.465 e. The zero-order valence-corrected chi connectivity index (χ0v) is 13.7. The van der Waals surface area contributed by atoms with Crippen LogP contribution in [0.1, 0.15) is 19.7 Å². The van der Waals surface area contributed by atoms with E-state index in [1.807, 2.05) is 34.9 Å². The molecular weight excluding hydrogens is 302 g/mol. The third-order valence-corrected chi connectivity index (χ3v) is 3.91. The second-order valence-corrected chi connectivity index (χ2v) is 5.82. The largest absolute Gasteiger partial charge is 0.465 e. The van der Waals surface area contributed by atoms with Crippen molar-refractivity contribution in [1.29, 1.82) is 0 Å². The van der Waals surface area contributed by atoms with Crippen LogP contribution in [0, 0.1) is 0 Å². The standard InChI is InChI=1S/C15H19N3O3S/c1-4-21-14(19)11(2)22-15-17-16-13(10-20-3)18(15)12-8-6-5-7-9-12/h5-9,11H,4,10H2,1-3H3. The Balaban J connectivity index is 2.30. The zero-order chi connectivity index (χ0) is 15.9. The van der Waals surface area contributed by atoms with Crippen LogP contribution in [0.4, 0.5) is 0 Å². The summed E-state index contributed by atoms with van der Waals surface area (Å²) >= 11 is 1.32. The summed E-state index contributed by atoms with van der Waals surface area (Å²) in [5, 5.41) is 8.62. The van der Waals surface area contributed by atoms with Gasteiger partial charge >= 0.3 is 5.97 Å². The number of aromatic nitrogens is 3. The minimum absolute atomic E-state index is 0.261. The van der Waals surface area contributed by atoms with Crippen molar-refractivity contribution in [3.63, 3.8) is 0 Å². The fraction of sp³-hybridized carbons (Fsp3) is 0.400. The Kier molecular flexibility index (Phi) is 5.97. The fourth-order valence-corrected chi connectivity index (χ4v) is 2.79. The van der Waals surface area contributed by atoms with Gasteiger partial charge in [0.15, 0.2) is 11.0 Å². The number of benzene rings is 1. The van der Waals surface area contributed by atoms with Crippen LogP contribution in [0.5, 0.6) is 0 Å². The number of rotatable bonds is 7. The van der Waals surface area contributed by atoms with Crippen LogP contribution >= 0.6 is 11.8 Å². The van der Waals surface area contributed by atoms with Crippen molar-refractivity contribution in [2.24, 2.45) is 0 Å². The molecule has 0 spiro atoms. The summed E-state index contributed by atoms with van der Waals surface area (Å²) in [5.74, 6) is 0.427. The van der Waals surface area contributed by atoms with Gasteiger partial charge in [-0.25, -0.2) is 0 Å². The van der Waals surface area contributed by atoms with Crippen molar-refractivity contribution in [1.82, 2.24) is 14.8 Å². The van der Waals surface area contributed by atoms with E-state index in [2.05, 4.69) is 10.2 Å². The lowest BCUT2D eigenvalue weighted by atomic mass is 10.3. The van der Waals surface area contributed by atoms with Gasteiger partial charge in [-0.1, -0.05) is 30.0 Å². The molecule has 118 valence electrons. The lowest BCUT2D eigenvalue weighted by Crippen LogP contribution is -2.17. The molecule has 0 radical (unpaired) electrons. The molecule has 1 heterocycles. The molecule has 22 heavy (non-hydrogen) atoms. The topological polar surface area (TPSA) is 66.2 Å². The van der Waals surface area contributed by atoms with Gasteiger partial charge in [0, 0.05) is 12.8 Å². The van der Waals surface area contributed by atoms with E-state index in [4.69, 9.17) is 9.47 Å². The molecule has 0 N–H and O–H groups in total. The van der Waals surface area contributed by atoms with Gasteiger partial charge in [0.05, 0.1) is 6.61 Å². The highest BCUT2D eigenvalue weighted by Crippen LogP contribution is 2.26. The van der Waals surface area contributed by atoms with Gasteiger partial charge in [-0.2, -0.15) is 0 Å². The summed E-state index contributed by atoms with van der Waals surface area (Å²) < 4.78 is 12.1. The first kappa shape index (κ1) is 16.5. The normalized spacial score (nSPS) is 12.1. The molecule has 2 rings (SSSR count). The van der Waals surface area contributed by atoms with Crippen LogP contribution in [0.15, 0.2) is 35.5 Å². The number of esters is 1. The molecule has 1 unspecified atom stereocenters. The molecule has 0 saturated heterocycles. The van der Waals surface area contributed by atoms with E-state index in [9.17, 15) is 4.79 Å². The molecule has 0 amide bonds. The van der Waals surface area contributed by atoms with Crippen molar-refractivity contribution in [2.45, 2.75) is 30.9 Å². The number of carbonyl (C=O) groups is 1. The number of para-hydroxylation sites is 1. The Morgan fingerprint density at radius 2 is 2.05 bits per heavy atom. The fourth-order valence-electron chi connectivity index (χ4n) is 1.90. The average molecular weight is 321 g/mol. The Bertz CT molecular complexity index is 616. The number of methoxy groups -OCH3 is 1. The molecule has 7 heteroatoms. The third kappa shape index (κ3) is 3.86. The Morgan fingerprint density at radius 3 is 2.68 bits per heavy atom. The molecule has 0 bridgehead atoms. The molecule has 6 nitrogen and oxygen atoms in total. The first-order valence-electron chi connectivity index (χ1n) is 6.99. The molecule has 1 atom stereocenters. The average Bonchev–Trinajstić information content (AvgIpc) is 2.91. The van der Waals surface area contributed by atoms with Gasteiger partial charge in [0.2, 0.25) is 0 Å². The predicted molar refractivity (Wildman–Crippen MR) is 84.0 cm³/mol. The molecule has 1 aromatic heterocycles. The Labute approximate surface area is 133 Å². The lowest BCUT2D eigenvalue weighted by molar-refractivity contribution is -0.142. The maximum atomic E-state index is 11.8. The highest BCUT2D eigenvalue weighted by atomic mass is 32.2. The molecule has 1 aromatic carbocycles. The third-order valence-electron chi connectivity index (χ3n) is 2.89. The number of carbonyl (C=O) groups excluding carboxylic acids is 1. The van der Waals surface area contributed by atoms with Crippen LogP contribution < -0.4 is 0 Å². The summed E-state index contributed by atoms with van der Waals surface area (Å²) in [4.78, 5) is 11.8. The Morgan fingerprint density at radius 1 is 1.32 bits per heavy atom. The molecule has 0 fully saturated rings. The van der Waals surface area contributed by atoms with Gasteiger partial charge in [-0.05, 0) is 26.0 Å². The van der Waals surface area contributed by atoms with Gasteiger partial charge in [-0.15, -0.1) is 10.2 Å². The van der Waals surface area contributed by atoms with Crippen molar-refractivity contribution in [2.75, 3.05) is 13.7 Å². The van der Waals surface area contributed by atoms with Crippen molar-refractivity contribution in [3.05, 3.63) is 36.2 Å². The van der Waals surface area contributed by atoms with Crippen LogP contribution in [-0.2, 0) is 20.9 Å². The summed E-state index contributed by atoms with van der Waals surface area (Å²) in [6, 6.07) is 9.74. The van der Waals surface area contributed by atoms with Gasteiger partial charge in [0.25, 0.3) is 0 Å². The minimum atomic E-state index is -0.359. The van der Waals surface area contributed by atoms with E-state index < -0.39 is 0 Å². The molecule has 0 saturated carbocycles. The summed E-state index contributed by atoms with van der Waals surface area (Å²) in [5.41, 5.74) is 0.929. The summed E-state index contributed by atoms with van der Waals surface area (Å²) in [7, 11) is 1.61. The van der Waals surface area contributed by atoms with Crippen molar-refractivity contribution >= 4 is 17.7 Å². The van der Waals surface area contributed by atoms with E-state index in [1.54, 1.807) is 21.0 Å². The monoisotopic (exact) mass is 321 g/mol. The zero-order valence-electron chi connectivity index (χ0n) is 12.9. The van der Waals surface area contributed by atoms with Gasteiger partial charge in [-0.3, -0.25) is 9.36 Å². The number of hydrogen-bond donors (Lipinski definition) is 0. The highest BCUT2D eigenvalue weighted by molar-refractivity contribution is 8.00. The molecule has 0 aliphatic heterocycles. The second-order valence-electron chi connectivity index (χ2n) is 4.51. The molecule has 0 aliphatic rings. The molecular formula is C15H19N3O3S. The van der Waals surface area contributed by atoms with E-state index in [-0.39, 0.29) is 11.2 Å². The SMILES string of the molecule is CCOC(=O)C(C)Sc1nnc(COC)n1-c1ccccc1. The van der Waals surface area contributed by atoms with Crippen molar-refractivity contribution in [3.8, 4) is 5.69 Å². The van der Waals surface area contributed by atoms with E-state index in [0.717, 1.165) is 5.69 Å². The van der Waals surface area contributed by atoms with Crippen LogP contribution in [0.2, 0.25) is 0 Å². The molecule has 2 aromatic rings. The Hall–Kier alpha value is -1.86. The smallest absolute Gasteiger partial charge is 0.319 e. The number of nitrogens with zero attached hydrogens (tertiary/aromatic N) is 3. The van der Waals surface area contributed by atoms with E-state index >= 15 is 0 Å². The summed E-state index contributed by atoms with van der Waals surface area (Å²) in [6.45, 7) is 4.29. The van der Waals surface area contributed by atoms with Crippen LogP contribution in [0.3, 0.4) is 0 Å². The maximum absolute atomic E-state index is 11.8. The van der Waals surface area contributed by atoms with E-state index in [1.165, 1.54) is 11.8 Å². The maximum Gasteiger partial charge on any atom is 0.319 e. The second kappa shape index (κ2) is 7.95. The first-order valence-corrected chi connectivity index (χ1v) is 7.87. The molecule has 0 aliphatic carbocycles. The van der Waals surface area contributed by atoms with Crippen LogP contribution in [0.25, 0.3) is 5.69 Å².